The zero-order valence-corrected chi connectivity index (χ0v) is 20.6. The van der Waals surface area contributed by atoms with Crippen molar-refractivity contribution in [1.82, 2.24) is 19.9 Å². The van der Waals surface area contributed by atoms with Gasteiger partial charge in [-0.2, -0.15) is 13.6 Å². The van der Waals surface area contributed by atoms with Crippen LogP contribution in [0.5, 0.6) is 17.2 Å². The van der Waals surface area contributed by atoms with Gasteiger partial charge in [0.2, 0.25) is 0 Å². The Morgan fingerprint density at radius 1 is 1.11 bits per heavy atom. The molecule has 0 aliphatic carbocycles. The minimum absolute atomic E-state index is 0.106. The lowest BCUT2D eigenvalue weighted by molar-refractivity contribution is 0.0357. The Labute approximate surface area is 208 Å². The number of nitrogens with zero attached hydrogens (tertiary/aromatic N) is 3. The number of nitrogens with two attached hydrogens (primary N) is 1. The summed E-state index contributed by atoms with van der Waals surface area (Å²) in [4.78, 5) is 14.5. The molecule has 0 amide bonds. The van der Waals surface area contributed by atoms with E-state index < -0.39 is 10.3 Å². The predicted octanol–water partition coefficient (Wildman–Crippen LogP) is 2.47. The topological polar surface area (TPSA) is 142 Å². The molecule has 3 heterocycles. The summed E-state index contributed by atoms with van der Waals surface area (Å²) in [6.07, 6.45) is 4.17. The zero-order chi connectivity index (χ0) is 25.1. The Morgan fingerprint density at radius 3 is 2.72 bits per heavy atom. The SMILES string of the molecule is COc1cc2c(-c3c[nH]c4ccc(OS(N)(=O)=O)cc34)ncnc2cc1OCCCN1CCOCC1. The van der Waals surface area contributed by atoms with Crippen molar-refractivity contribution in [2.75, 3.05) is 46.6 Å². The smallest absolute Gasteiger partial charge is 0.380 e. The van der Waals surface area contributed by atoms with Gasteiger partial charge >= 0.3 is 10.3 Å². The number of ether oxygens (including phenoxy) is 3. The van der Waals surface area contributed by atoms with Gasteiger partial charge in [-0.25, -0.2) is 9.97 Å². The number of benzene rings is 2. The fraction of sp³-hybridized carbons (Fsp3) is 0.333. The van der Waals surface area contributed by atoms with Crippen LogP contribution in [0.25, 0.3) is 33.1 Å². The molecule has 2 aromatic carbocycles. The number of methoxy groups -OCH3 is 1. The summed E-state index contributed by atoms with van der Waals surface area (Å²) in [5, 5.41) is 6.51. The van der Waals surface area contributed by atoms with E-state index in [1.807, 2.05) is 12.1 Å². The molecule has 1 saturated heterocycles. The fourth-order valence-electron chi connectivity index (χ4n) is 4.33. The van der Waals surface area contributed by atoms with Crippen molar-refractivity contribution in [2.45, 2.75) is 6.42 Å². The molecule has 0 radical (unpaired) electrons. The van der Waals surface area contributed by atoms with Gasteiger partial charge in [-0.1, -0.05) is 0 Å². The number of hydrogen-bond donors (Lipinski definition) is 2. The number of hydrogen-bond acceptors (Lipinski definition) is 9. The quantitative estimate of drug-likeness (QED) is 0.323. The second kappa shape index (κ2) is 10.3. The highest BCUT2D eigenvalue weighted by atomic mass is 32.2. The van der Waals surface area contributed by atoms with Crippen LogP contribution in [-0.4, -0.2) is 74.8 Å². The lowest BCUT2D eigenvalue weighted by Crippen LogP contribution is -2.37. The maximum Gasteiger partial charge on any atom is 0.380 e. The van der Waals surface area contributed by atoms with Crippen LogP contribution >= 0.6 is 0 Å². The highest BCUT2D eigenvalue weighted by molar-refractivity contribution is 7.84. The first-order chi connectivity index (χ1) is 17.4. The van der Waals surface area contributed by atoms with Crippen molar-refractivity contribution >= 4 is 32.1 Å². The summed E-state index contributed by atoms with van der Waals surface area (Å²) < 4.78 is 44.7. The fourth-order valence-corrected chi connectivity index (χ4v) is 4.70. The number of aromatic nitrogens is 3. The van der Waals surface area contributed by atoms with Crippen molar-refractivity contribution < 1.29 is 26.8 Å². The highest BCUT2D eigenvalue weighted by Crippen LogP contribution is 2.38. The molecule has 0 spiro atoms. The highest BCUT2D eigenvalue weighted by Gasteiger charge is 2.17. The number of H-pyrrole nitrogens is 1. The summed E-state index contributed by atoms with van der Waals surface area (Å²) >= 11 is 0. The van der Waals surface area contributed by atoms with E-state index in [-0.39, 0.29) is 5.75 Å². The van der Waals surface area contributed by atoms with Crippen LogP contribution in [0.15, 0.2) is 42.9 Å². The number of nitrogens with one attached hydrogen (secondary N) is 1. The molecule has 3 N–H and O–H groups in total. The predicted molar refractivity (Wildman–Crippen MR) is 134 cm³/mol. The van der Waals surface area contributed by atoms with Gasteiger partial charge in [0.25, 0.3) is 0 Å². The van der Waals surface area contributed by atoms with Crippen molar-refractivity contribution in [2.24, 2.45) is 5.14 Å². The summed E-state index contributed by atoms with van der Waals surface area (Å²) in [6.45, 7) is 4.94. The minimum atomic E-state index is -4.15. The number of rotatable bonds is 9. The number of aromatic amines is 1. The molecule has 1 aliphatic heterocycles. The van der Waals surface area contributed by atoms with Crippen molar-refractivity contribution in [3.63, 3.8) is 0 Å². The first kappa shape index (κ1) is 24.3. The minimum Gasteiger partial charge on any atom is -0.493 e. The largest absolute Gasteiger partial charge is 0.493 e. The normalized spacial score (nSPS) is 14.8. The summed E-state index contributed by atoms with van der Waals surface area (Å²) in [7, 11) is -2.55. The third kappa shape index (κ3) is 5.36. The van der Waals surface area contributed by atoms with Gasteiger partial charge < -0.3 is 23.4 Å². The van der Waals surface area contributed by atoms with E-state index in [1.165, 1.54) is 12.4 Å². The molecule has 12 heteroatoms. The zero-order valence-electron chi connectivity index (χ0n) is 19.8. The molecule has 1 fully saturated rings. The maximum atomic E-state index is 11.4. The molecule has 0 saturated carbocycles. The van der Waals surface area contributed by atoms with Gasteiger partial charge in [0.05, 0.1) is 38.1 Å². The molecular weight excluding hydrogens is 486 g/mol. The lowest BCUT2D eigenvalue weighted by Gasteiger charge is -2.26. The monoisotopic (exact) mass is 513 g/mol. The van der Waals surface area contributed by atoms with Gasteiger partial charge in [-0.15, -0.1) is 0 Å². The second-order valence-corrected chi connectivity index (χ2v) is 9.54. The molecule has 2 aromatic heterocycles. The number of fused-ring (bicyclic) bond motifs is 2. The molecule has 36 heavy (non-hydrogen) atoms. The summed E-state index contributed by atoms with van der Waals surface area (Å²) in [5.74, 6) is 1.29. The first-order valence-electron chi connectivity index (χ1n) is 11.5. The standard InChI is InChI=1S/C24H27N5O6S/c1-32-22-12-18-21(13-23(22)34-8-2-5-29-6-9-33-10-7-29)27-15-28-24(18)19-14-26-20-4-3-16(11-17(19)20)35-36(25,30)31/h3-4,11-15,26H,2,5-10H2,1H3,(H2,25,30,31). The van der Waals surface area contributed by atoms with Gasteiger partial charge in [0.1, 0.15) is 12.1 Å². The lowest BCUT2D eigenvalue weighted by atomic mass is 10.0. The molecule has 0 atom stereocenters. The molecule has 1 aliphatic rings. The molecule has 0 unspecified atom stereocenters. The van der Waals surface area contributed by atoms with Crippen LogP contribution in [0.2, 0.25) is 0 Å². The van der Waals surface area contributed by atoms with E-state index in [2.05, 4.69) is 19.9 Å². The molecular formula is C24H27N5O6S. The van der Waals surface area contributed by atoms with Crippen LogP contribution < -0.4 is 18.8 Å². The molecule has 4 aromatic rings. The maximum absolute atomic E-state index is 11.4. The van der Waals surface area contributed by atoms with Gasteiger partial charge in [0.15, 0.2) is 11.5 Å². The molecule has 11 nitrogen and oxygen atoms in total. The van der Waals surface area contributed by atoms with Crippen LogP contribution in [0.3, 0.4) is 0 Å². The Kier molecular flexibility index (Phi) is 6.92. The van der Waals surface area contributed by atoms with E-state index in [0.29, 0.717) is 29.3 Å². The van der Waals surface area contributed by atoms with Crippen LogP contribution in [0.1, 0.15) is 6.42 Å². The van der Waals surface area contributed by atoms with E-state index in [4.69, 9.17) is 23.5 Å². The Balaban J connectivity index is 1.43. The van der Waals surface area contributed by atoms with Crippen LogP contribution in [0, 0.1) is 0 Å². The van der Waals surface area contributed by atoms with Gasteiger partial charge in [-0.05, 0) is 30.7 Å². The average Bonchev–Trinajstić information content (AvgIpc) is 3.28. The van der Waals surface area contributed by atoms with Crippen LogP contribution in [0.4, 0.5) is 0 Å². The Hall–Kier alpha value is -3.45. The Bertz CT molecular complexity index is 1480. The van der Waals surface area contributed by atoms with E-state index >= 15 is 0 Å². The van der Waals surface area contributed by atoms with E-state index in [9.17, 15) is 8.42 Å². The first-order valence-corrected chi connectivity index (χ1v) is 13.0. The third-order valence-corrected chi connectivity index (χ3v) is 6.45. The number of morpholine rings is 1. The van der Waals surface area contributed by atoms with Crippen molar-refractivity contribution in [3.8, 4) is 28.5 Å². The van der Waals surface area contributed by atoms with E-state index in [0.717, 1.165) is 61.1 Å². The van der Waals surface area contributed by atoms with Gasteiger partial charge in [-0.3, -0.25) is 4.90 Å². The Morgan fingerprint density at radius 2 is 1.94 bits per heavy atom. The van der Waals surface area contributed by atoms with E-state index in [1.54, 1.807) is 25.4 Å². The van der Waals surface area contributed by atoms with Crippen LogP contribution in [-0.2, 0) is 15.0 Å². The summed E-state index contributed by atoms with van der Waals surface area (Å²) in [6, 6.07) is 8.54. The van der Waals surface area contributed by atoms with Crippen molar-refractivity contribution in [1.29, 1.82) is 0 Å². The van der Waals surface area contributed by atoms with Crippen molar-refractivity contribution in [3.05, 3.63) is 42.9 Å². The van der Waals surface area contributed by atoms with Gasteiger partial charge in [0, 0.05) is 53.8 Å². The molecule has 5 rings (SSSR count). The summed E-state index contributed by atoms with van der Waals surface area (Å²) in [5.41, 5.74) is 2.87. The third-order valence-electron chi connectivity index (χ3n) is 6.02. The second-order valence-electron chi connectivity index (χ2n) is 8.38. The molecule has 0 bridgehead atoms. The average molecular weight is 514 g/mol. The molecule has 190 valence electrons.